The Morgan fingerprint density at radius 1 is 1.60 bits per heavy atom. The van der Waals surface area contributed by atoms with Crippen molar-refractivity contribution in [3.05, 3.63) is 37.0 Å². The Morgan fingerprint density at radius 3 is 2.67 bits per heavy atom. The second-order valence-electron chi connectivity index (χ2n) is 3.47. The SMILES string of the molecule is C=C/C=C(\C=C)CC1N=C(C)N(C)C1=O. The summed E-state index contributed by atoms with van der Waals surface area (Å²) in [7, 11) is 1.74. The summed E-state index contributed by atoms with van der Waals surface area (Å²) in [5.41, 5.74) is 0.982. The van der Waals surface area contributed by atoms with Crippen LogP contribution in [0.3, 0.4) is 0 Å². The van der Waals surface area contributed by atoms with Crippen LogP contribution >= 0.6 is 0 Å². The number of aliphatic imine (C=N–C) groups is 1. The molecule has 1 rings (SSSR count). The molecule has 1 aliphatic heterocycles. The molecule has 3 heteroatoms. The fraction of sp³-hybridized carbons (Fsp3) is 0.333. The Hall–Kier alpha value is -1.64. The molecule has 1 atom stereocenters. The molecular formula is C12H16N2O. The first-order valence-electron chi connectivity index (χ1n) is 4.86. The minimum atomic E-state index is -0.292. The predicted octanol–water partition coefficient (Wildman–Crippen LogP) is 1.93. The average molecular weight is 204 g/mol. The van der Waals surface area contributed by atoms with E-state index in [2.05, 4.69) is 18.2 Å². The lowest BCUT2D eigenvalue weighted by molar-refractivity contribution is -0.126. The highest BCUT2D eigenvalue weighted by atomic mass is 16.2. The van der Waals surface area contributed by atoms with Gasteiger partial charge in [0.1, 0.15) is 11.9 Å². The van der Waals surface area contributed by atoms with Crippen molar-refractivity contribution in [2.24, 2.45) is 4.99 Å². The number of rotatable bonds is 4. The van der Waals surface area contributed by atoms with Gasteiger partial charge in [-0.1, -0.05) is 31.4 Å². The highest BCUT2D eigenvalue weighted by molar-refractivity contribution is 6.04. The van der Waals surface area contributed by atoms with Crippen LogP contribution in [-0.2, 0) is 4.79 Å². The van der Waals surface area contributed by atoms with Crippen LogP contribution in [0, 0.1) is 0 Å². The first-order chi connectivity index (χ1) is 7.10. The van der Waals surface area contributed by atoms with Crippen LogP contribution in [0.5, 0.6) is 0 Å². The van der Waals surface area contributed by atoms with Crippen molar-refractivity contribution in [3.8, 4) is 0 Å². The maximum absolute atomic E-state index is 11.7. The van der Waals surface area contributed by atoms with E-state index in [0.29, 0.717) is 6.42 Å². The maximum Gasteiger partial charge on any atom is 0.252 e. The van der Waals surface area contributed by atoms with Crippen LogP contribution in [0.1, 0.15) is 13.3 Å². The number of likely N-dealkylation sites (N-methyl/N-ethyl adjacent to an activating group) is 1. The summed E-state index contributed by atoms with van der Waals surface area (Å²) in [4.78, 5) is 17.6. The van der Waals surface area contributed by atoms with Crippen molar-refractivity contribution >= 4 is 11.7 Å². The Kier molecular flexibility index (Phi) is 3.61. The summed E-state index contributed by atoms with van der Waals surface area (Å²) in [5.74, 6) is 0.816. The normalized spacial score (nSPS) is 21.6. The zero-order valence-electron chi connectivity index (χ0n) is 9.23. The number of amidine groups is 1. The highest BCUT2D eigenvalue weighted by Crippen LogP contribution is 2.17. The molecule has 0 N–H and O–H groups in total. The van der Waals surface area contributed by atoms with Gasteiger partial charge in [-0.3, -0.25) is 9.79 Å². The standard InChI is InChI=1S/C12H16N2O/c1-5-7-10(6-2)8-11-12(15)14(4)9(3)13-11/h5-7,11H,1-2,8H2,3-4H3/b10-7+. The Labute approximate surface area is 90.5 Å². The van der Waals surface area contributed by atoms with Gasteiger partial charge in [-0.2, -0.15) is 0 Å². The van der Waals surface area contributed by atoms with Gasteiger partial charge in [0, 0.05) is 13.5 Å². The van der Waals surface area contributed by atoms with Crippen LogP contribution in [-0.4, -0.2) is 29.7 Å². The van der Waals surface area contributed by atoms with Gasteiger partial charge in [-0.15, -0.1) is 0 Å². The number of carbonyl (C=O) groups excluding carboxylic acids is 1. The Balaban J connectivity index is 2.76. The van der Waals surface area contributed by atoms with Crippen LogP contribution in [0.15, 0.2) is 42.0 Å². The van der Waals surface area contributed by atoms with Gasteiger partial charge in [-0.25, -0.2) is 0 Å². The average Bonchev–Trinajstić information content (AvgIpc) is 2.46. The molecule has 1 aliphatic rings. The van der Waals surface area contributed by atoms with Gasteiger partial charge >= 0.3 is 0 Å². The largest absolute Gasteiger partial charge is 0.302 e. The monoisotopic (exact) mass is 204 g/mol. The van der Waals surface area contributed by atoms with Crippen LogP contribution in [0.25, 0.3) is 0 Å². The van der Waals surface area contributed by atoms with Gasteiger partial charge in [0.25, 0.3) is 5.91 Å². The molecule has 0 aromatic heterocycles. The number of carbonyl (C=O) groups is 1. The molecular weight excluding hydrogens is 188 g/mol. The van der Waals surface area contributed by atoms with Gasteiger partial charge in [0.15, 0.2) is 0 Å². The van der Waals surface area contributed by atoms with Crippen molar-refractivity contribution in [2.75, 3.05) is 7.05 Å². The number of amides is 1. The fourth-order valence-electron chi connectivity index (χ4n) is 1.48. The predicted molar refractivity (Wildman–Crippen MR) is 62.8 cm³/mol. The Morgan fingerprint density at radius 2 is 2.27 bits per heavy atom. The smallest absolute Gasteiger partial charge is 0.252 e. The zero-order valence-corrected chi connectivity index (χ0v) is 9.23. The summed E-state index contributed by atoms with van der Waals surface area (Å²) in [6.45, 7) is 9.15. The molecule has 0 spiro atoms. The molecule has 1 heterocycles. The summed E-state index contributed by atoms with van der Waals surface area (Å²) in [6, 6.07) is -0.292. The summed E-state index contributed by atoms with van der Waals surface area (Å²) in [6.07, 6.45) is 5.87. The van der Waals surface area contributed by atoms with E-state index in [1.54, 1.807) is 24.1 Å². The zero-order chi connectivity index (χ0) is 11.4. The van der Waals surface area contributed by atoms with Gasteiger partial charge < -0.3 is 4.90 Å². The second kappa shape index (κ2) is 4.73. The topological polar surface area (TPSA) is 32.7 Å². The molecule has 0 aromatic rings. The lowest BCUT2D eigenvalue weighted by Gasteiger charge is -2.10. The van der Waals surface area contributed by atoms with E-state index in [4.69, 9.17) is 0 Å². The number of hydrogen-bond acceptors (Lipinski definition) is 2. The number of allylic oxidation sites excluding steroid dienone is 3. The minimum Gasteiger partial charge on any atom is -0.302 e. The summed E-state index contributed by atoms with van der Waals surface area (Å²) >= 11 is 0. The number of hydrogen-bond donors (Lipinski definition) is 0. The van der Waals surface area contributed by atoms with Crippen LogP contribution in [0.4, 0.5) is 0 Å². The van der Waals surface area contributed by atoms with Crippen molar-refractivity contribution < 1.29 is 4.79 Å². The van der Waals surface area contributed by atoms with Crippen molar-refractivity contribution in [2.45, 2.75) is 19.4 Å². The first kappa shape index (κ1) is 11.4. The van der Waals surface area contributed by atoms with E-state index in [9.17, 15) is 4.79 Å². The van der Waals surface area contributed by atoms with Gasteiger partial charge in [-0.05, 0) is 12.5 Å². The second-order valence-corrected chi connectivity index (χ2v) is 3.47. The summed E-state index contributed by atoms with van der Waals surface area (Å²) in [5, 5.41) is 0. The molecule has 1 amide bonds. The number of nitrogens with zero attached hydrogens (tertiary/aromatic N) is 2. The molecule has 0 radical (unpaired) electrons. The molecule has 80 valence electrons. The third-order valence-electron chi connectivity index (χ3n) is 2.47. The van der Waals surface area contributed by atoms with E-state index in [0.717, 1.165) is 11.4 Å². The van der Waals surface area contributed by atoms with Crippen LogP contribution in [0.2, 0.25) is 0 Å². The molecule has 0 aromatic carbocycles. The van der Waals surface area contributed by atoms with Crippen molar-refractivity contribution in [3.63, 3.8) is 0 Å². The van der Waals surface area contributed by atoms with Crippen molar-refractivity contribution in [1.82, 2.24) is 4.90 Å². The van der Waals surface area contributed by atoms with E-state index >= 15 is 0 Å². The highest BCUT2D eigenvalue weighted by Gasteiger charge is 2.29. The minimum absolute atomic E-state index is 0.0457. The molecule has 0 fully saturated rings. The fourth-order valence-corrected chi connectivity index (χ4v) is 1.48. The first-order valence-corrected chi connectivity index (χ1v) is 4.86. The lowest BCUT2D eigenvalue weighted by atomic mass is 10.1. The quantitative estimate of drug-likeness (QED) is 0.644. The molecule has 0 aliphatic carbocycles. The maximum atomic E-state index is 11.7. The van der Waals surface area contributed by atoms with Crippen molar-refractivity contribution in [1.29, 1.82) is 0 Å². The van der Waals surface area contributed by atoms with E-state index in [-0.39, 0.29) is 11.9 Å². The molecule has 0 saturated heterocycles. The molecule has 3 nitrogen and oxygen atoms in total. The van der Waals surface area contributed by atoms with Crippen LogP contribution < -0.4 is 0 Å². The molecule has 0 saturated carbocycles. The molecule has 15 heavy (non-hydrogen) atoms. The van der Waals surface area contributed by atoms with Gasteiger partial charge in [0.2, 0.25) is 0 Å². The van der Waals surface area contributed by atoms with E-state index < -0.39 is 0 Å². The third kappa shape index (κ3) is 2.43. The lowest BCUT2D eigenvalue weighted by Crippen LogP contribution is -2.30. The Bertz CT molecular complexity index is 353. The third-order valence-corrected chi connectivity index (χ3v) is 2.47. The van der Waals surface area contributed by atoms with E-state index in [1.165, 1.54) is 0 Å². The molecule has 0 bridgehead atoms. The molecule has 1 unspecified atom stereocenters. The van der Waals surface area contributed by atoms with Gasteiger partial charge in [0.05, 0.1) is 0 Å². The summed E-state index contributed by atoms with van der Waals surface area (Å²) < 4.78 is 0. The van der Waals surface area contributed by atoms with E-state index in [1.807, 2.05) is 13.0 Å².